The minimum atomic E-state index is -4.58. The van der Waals surface area contributed by atoms with E-state index in [0.29, 0.717) is 50.2 Å². The lowest BCUT2D eigenvalue weighted by Gasteiger charge is -2.34. The zero-order valence-electron chi connectivity index (χ0n) is 29.8. The summed E-state index contributed by atoms with van der Waals surface area (Å²) < 4.78 is 53.0. The first kappa shape index (κ1) is 36.2. The number of imidazole rings is 1. The van der Waals surface area contributed by atoms with E-state index in [1.54, 1.807) is 18.1 Å². The van der Waals surface area contributed by atoms with Crippen molar-refractivity contribution < 1.29 is 37.0 Å². The van der Waals surface area contributed by atoms with Gasteiger partial charge in [-0.05, 0) is 56.4 Å². The molecule has 1 atom stereocenters. The highest BCUT2D eigenvalue weighted by Gasteiger charge is 2.40. The van der Waals surface area contributed by atoms with Crippen LogP contribution in [0.15, 0.2) is 36.7 Å². The Bertz CT molecular complexity index is 2030. The van der Waals surface area contributed by atoms with E-state index in [0.717, 1.165) is 31.7 Å². The van der Waals surface area contributed by atoms with Crippen molar-refractivity contribution in [2.24, 2.45) is 11.3 Å². The lowest BCUT2D eigenvalue weighted by molar-refractivity contribution is -0.144. The highest BCUT2D eigenvalue weighted by atomic mass is 19.4. The quantitative estimate of drug-likeness (QED) is 0.180. The average Bonchev–Trinajstić information content (AvgIpc) is 3.48. The number of nitrogens with one attached hydrogen (secondary N) is 2. The number of hydrogen-bond donors (Lipinski definition) is 2. The molecule has 13 nitrogen and oxygen atoms in total. The first-order valence-electron chi connectivity index (χ1n) is 17.7. The number of fused-ring (bicyclic) bond motifs is 1. The molecule has 0 aromatic carbocycles. The van der Waals surface area contributed by atoms with Gasteiger partial charge in [-0.3, -0.25) is 29.7 Å². The second kappa shape index (κ2) is 14.4. The third-order valence-corrected chi connectivity index (χ3v) is 10.5. The minimum absolute atomic E-state index is 0.0195. The zero-order valence-corrected chi connectivity index (χ0v) is 29.8. The lowest BCUT2D eigenvalue weighted by Crippen LogP contribution is -2.37. The number of anilines is 2. The first-order chi connectivity index (χ1) is 25.4. The Labute approximate surface area is 303 Å². The Hall–Kier alpha value is -5.12. The van der Waals surface area contributed by atoms with E-state index >= 15 is 0 Å². The molecule has 0 spiro atoms. The normalized spacial score (nSPS) is 18.4. The Morgan fingerprint density at radius 1 is 1.06 bits per heavy atom. The van der Waals surface area contributed by atoms with Crippen molar-refractivity contribution in [1.29, 1.82) is 0 Å². The molecule has 3 aliphatic rings. The summed E-state index contributed by atoms with van der Waals surface area (Å²) in [5.41, 5.74) is 1.25. The summed E-state index contributed by atoms with van der Waals surface area (Å²) in [5.74, 6) is -1.80. The number of hydrogen-bond acceptors (Lipinski definition) is 10. The third kappa shape index (κ3) is 7.54. The van der Waals surface area contributed by atoms with E-state index in [9.17, 15) is 27.6 Å². The van der Waals surface area contributed by atoms with Crippen molar-refractivity contribution in [3.05, 3.63) is 59.2 Å². The molecular weight excluding hydrogens is 693 g/mol. The van der Waals surface area contributed by atoms with Gasteiger partial charge in [0.1, 0.15) is 11.2 Å². The van der Waals surface area contributed by atoms with Gasteiger partial charge in [0.15, 0.2) is 5.65 Å². The summed E-state index contributed by atoms with van der Waals surface area (Å²) >= 11 is 0. The fourth-order valence-corrected chi connectivity index (χ4v) is 7.68. The summed E-state index contributed by atoms with van der Waals surface area (Å²) in [5, 5.41) is 2.70. The average molecular weight is 735 g/mol. The van der Waals surface area contributed by atoms with Crippen molar-refractivity contribution in [2.75, 3.05) is 57.7 Å². The summed E-state index contributed by atoms with van der Waals surface area (Å²) in [4.78, 5) is 62.6. The molecule has 280 valence electrons. The number of alkyl halides is 3. The predicted molar refractivity (Wildman–Crippen MR) is 188 cm³/mol. The standard InChI is InChI=1S/C37H41F3N8O5/c1-47(19-36(20-52-2)11-4-5-12-36)28-15-27(24-14-25(37(38,39)40)29(42-17-24)21-6-7-21)43-31-30(28)44-35(45-31)46-32(49)26-9-8-22(16-41-26)33(50)48-13-10-23(18-48)34(51)53-3/h8-9,14-17,21,23H,4-7,10-13,18-20H2,1-3H3,(H2,43,44,45,46,49). The monoisotopic (exact) mass is 734 g/mol. The van der Waals surface area contributed by atoms with Crippen molar-refractivity contribution in [1.82, 2.24) is 29.8 Å². The van der Waals surface area contributed by atoms with Gasteiger partial charge < -0.3 is 24.3 Å². The second-order valence-electron chi connectivity index (χ2n) is 14.4. The number of pyridine rings is 3. The molecule has 2 saturated carbocycles. The van der Waals surface area contributed by atoms with Crippen molar-refractivity contribution >= 4 is 40.6 Å². The molecule has 53 heavy (non-hydrogen) atoms. The number of aromatic amines is 1. The number of halogens is 3. The van der Waals surface area contributed by atoms with Gasteiger partial charge in [0.05, 0.1) is 47.8 Å². The molecule has 2 amide bonds. The minimum Gasteiger partial charge on any atom is -0.469 e. The molecule has 4 aromatic heterocycles. The number of likely N-dealkylation sites (tertiary alicyclic amines) is 1. The van der Waals surface area contributed by atoms with Gasteiger partial charge >= 0.3 is 12.1 Å². The Morgan fingerprint density at radius 2 is 1.83 bits per heavy atom. The highest BCUT2D eigenvalue weighted by Crippen LogP contribution is 2.46. The van der Waals surface area contributed by atoms with Crippen molar-refractivity contribution in [3.8, 4) is 11.3 Å². The number of carbonyl (C=O) groups excluding carboxylic acids is 3. The molecule has 16 heteroatoms. The molecule has 4 aromatic rings. The fourth-order valence-electron chi connectivity index (χ4n) is 7.68. The van der Waals surface area contributed by atoms with Gasteiger partial charge in [-0.2, -0.15) is 18.2 Å². The molecular formula is C37H41F3N8O5. The van der Waals surface area contributed by atoms with Gasteiger partial charge in [-0.25, -0.2) is 4.98 Å². The summed E-state index contributed by atoms with van der Waals surface area (Å²) in [6.45, 7) is 1.82. The summed E-state index contributed by atoms with van der Waals surface area (Å²) in [6, 6.07) is 5.74. The molecule has 1 unspecified atom stereocenters. The van der Waals surface area contributed by atoms with Gasteiger partial charge in [0.25, 0.3) is 11.8 Å². The van der Waals surface area contributed by atoms with E-state index in [-0.39, 0.29) is 75.5 Å². The number of amides is 2. The highest BCUT2D eigenvalue weighted by molar-refractivity contribution is 6.03. The van der Waals surface area contributed by atoms with Gasteiger partial charge in [-0.15, -0.1) is 0 Å². The van der Waals surface area contributed by atoms with Gasteiger partial charge in [0.2, 0.25) is 5.95 Å². The van der Waals surface area contributed by atoms with Crippen LogP contribution in [0.2, 0.25) is 0 Å². The first-order valence-corrected chi connectivity index (χ1v) is 17.7. The van der Waals surface area contributed by atoms with Crippen LogP contribution in [0.3, 0.4) is 0 Å². The number of nitrogens with zero attached hydrogens (tertiary/aromatic N) is 6. The van der Waals surface area contributed by atoms with Gasteiger partial charge in [-0.1, -0.05) is 12.8 Å². The van der Waals surface area contributed by atoms with Crippen LogP contribution in [0.25, 0.3) is 22.4 Å². The third-order valence-electron chi connectivity index (χ3n) is 10.5. The predicted octanol–water partition coefficient (Wildman–Crippen LogP) is 5.84. The number of aromatic nitrogens is 5. The number of methoxy groups -OCH3 is 2. The molecule has 0 radical (unpaired) electrons. The van der Waals surface area contributed by atoms with Crippen LogP contribution in [0.5, 0.6) is 0 Å². The molecule has 2 N–H and O–H groups in total. The fraction of sp³-hybridized carbons (Fsp3) is 0.486. The largest absolute Gasteiger partial charge is 0.469 e. The van der Waals surface area contributed by atoms with E-state index in [1.165, 1.54) is 31.6 Å². The van der Waals surface area contributed by atoms with Crippen LogP contribution in [0.4, 0.5) is 24.8 Å². The number of H-pyrrole nitrogens is 1. The van der Waals surface area contributed by atoms with E-state index in [2.05, 4.69) is 30.2 Å². The second-order valence-corrected chi connectivity index (χ2v) is 14.4. The number of rotatable bonds is 11. The van der Waals surface area contributed by atoms with Crippen LogP contribution in [0, 0.1) is 11.3 Å². The number of esters is 1. The molecule has 2 aliphatic carbocycles. The Balaban J connectivity index is 1.17. The van der Waals surface area contributed by atoms with E-state index < -0.39 is 17.6 Å². The van der Waals surface area contributed by atoms with Crippen LogP contribution in [0.1, 0.15) is 83.0 Å². The maximum absolute atomic E-state index is 14.2. The maximum Gasteiger partial charge on any atom is 0.418 e. The SMILES string of the molecule is COCC1(CN(C)c2cc(-c3cnc(C4CC4)c(C(F)(F)F)c3)nc3nc(NC(=O)c4ccc(C(=O)N5CCC(C(=O)OC)C5)cn4)[nH]c23)CCCC1. The maximum atomic E-state index is 14.2. The Morgan fingerprint density at radius 3 is 2.49 bits per heavy atom. The summed E-state index contributed by atoms with van der Waals surface area (Å²) in [7, 11) is 4.90. The van der Waals surface area contributed by atoms with Crippen molar-refractivity contribution in [2.45, 2.75) is 57.0 Å². The van der Waals surface area contributed by atoms with E-state index in [1.807, 2.05) is 11.9 Å². The number of ether oxygens (including phenoxy) is 2. The molecule has 5 heterocycles. The zero-order chi connectivity index (χ0) is 37.5. The van der Waals surface area contributed by atoms with Crippen LogP contribution < -0.4 is 10.2 Å². The Kier molecular flexibility index (Phi) is 9.83. The molecule has 1 saturated heterocycles. The molecule has 0 bridgehead atoms. The molecule has 7 rings (SSSR count). The van der Waals surface area contributed by atoms with Crippen LogP contribution >= 0.6 is 0 Å². The summed E-state index contributed by atoms with van der Waals surface area (Å²) in [6.07, 6.45) is 4.11. The molecule has 1 aliphatic heterocycles. The number of carbonyl (C=O) groups is 3. The van der Waals surface area contributed by atoms with Crippen LogP contribution in [-0.4, -0.2) is 95.1 Å². The van der Waals surface area contributed by atoms with Crippen LogP contribution in [-0.2, 0) is 20.4 Å². The van der Waals surface area contributed by atoms with Gasteiger partial charge in [0, 0.05) is 63.1 Å². The lowest BCUT2D eigenvalue weighted by atomic mass is 9.86. The smallest absolute Gasteiger partial charge is 0.418 e. The van der Waals surface area contributed by atoms with E-state index in [4.69, 9.17) is 9.47 Å². The topological polar surface area (TPSA) is 156 Å². The molecule has 3 fully saturated rings. The van der Waals surface area contributed by atoms with Crippen molar-refractivity contribution in [3.63, 3.8) is 0 Å².